The Kier molecular flexibility index (Phi) is 8.45. The first kappa shape index (κ1) is 22.0. The van der Waals surface area contributed by atoms with E-state index in [0.29, 0.717) is 24.8 Å². The van der Waals surface area contributed by atoms with E-state index < -0.39 is 9.84 Å². The highest BCUT2D eigenvalue weighted by Crippen LogP contribution is 2.35. The Morgan fingerprint density at radius 1 is 1.28 bits per heavy atom. The monoisotopic (exact) mass is 372 g/mol. The lowest BCUT2D eigenvalue weighted by Gasteiger charge is -2.49. The van der Waals surface area contributed by atoms with Crippen molar-refractivity contribution in [1.29, 1.82) is 0 Å². The van der Waals surface area contributed by atoms with E-state index in [2.05, 4.69) is 18.4 Å². The third-order valence-corrected chi connectivity index (χ3v) is 6.35. The Labute approximate surface area is 154 Å². The normalized spacial score (nSPS) is 23.8. The highest BCUT2D eigenvalue weighted by molar-refractivity contribution is 7.90. The van der Waals surface area contributed by atoms with E-state index in [1.807, 2.05) is 4.90 Å². The molecule has 6 heteroatoms. The molecule has 2 heterocycles. The maximum absolute atomic E-state index is 12.4. The van der Waals surface area contributed by atoms with E-state index in [-0.39, 0.29) is 19.1 Å². The molecule has 25 heavy (non-hydrogen) atoms. The van der Waals surface area contributed by atoms with Crippen LogP contribution in [0.2, 0.25) is 0 Å². The van der Waals surface area contributed by atoms with Gasteiger partial charge in [-0.1, -0.05) is 27.4 Å². The molecular formula is C19H36N2O3S. The smallest absolute Gasteiger partial charge is 0.222 e. The average molecular weight is 373 g/mol. The van der Waals surface area contributed by atoms with Crippen LogP contribution in [0, 0.1) is 5.92 Å². The van der Waals surface area contributed by atoms with Crippen LogP contribution in [0.5, 0.6) is 0 Å². The zero-order valence-electron chi connectivity index (χ0n) is 15.2. The van der Waals surface area contributed by atoms with Gasteiger partial charge >= 0.3 is 0 Å². The molecule has 0 aliphatic carbocycles. The summed E-state index contributed by atoms with van der Waals surface area (Å²) < 4.78 is 22.4. The van der Waals surface area contributed by atoms with Gasteiger partial charge in [-0.2, -0.15) is 0 Å². The molecule has 0 unspecified atom stereocenters. The molecule has 0 aromatic rings. The Bertz CT molecular complexity index is 559. The molecular weight excluding hydrogens is 336 g/mol. The van der Waals surface area contributed by atoms with Crippen LogP contribution in [-0.4, -0.2) is 61.8 Å². The number of nitrogens with zero attached hydrogens (tertiary/aromatic N) is 2. The van der Waals surface area contributed by atoms with Gasteiger partial charge in [0.2, 0.25) is 5.91 Å². The minimum absolute atomic E-state index is 0. The van der Waals surface area contributed by atoms with Crippen molar-refractivity contribution in [2.45, 2.75) is 65.3 Å². The van der Waals surface area contributed by atoms with Crippen molar-refractivity contribution in [3.05, 3.63) is 12.3 Å². The van der Waals surface area contributed by atoms with Crippen molar-refractivity contribution in [2.24, 2.45) is 5.92 Å². The van der Waals surface area contributed by atoms with Gasteiger partial charge in [0.05, 0.1) is 5.75 Å². The van der Waals surface area contributed by atoms with Crippen LogP contribution in [0.3, 0.4) is 0 Å². The predicted molar refractivity (Wildman–Crippen MR) is 104 cm³/mol. The lowest BCUT2D eigenvalue weighted by molar-refractivity contribution is -0.134. The second-order valence-corrected chi connectivity index (χ2v) is 9.60. The van der Waals surface area contributed by atoms with E-state index in [0.717, 1.165) is 38.9 Å². The molecule has 0 spiro atoms. The zero-order chi connectivity index (χ0) is 17.7. The van der Waals surface area contributed by atoms with Crippen molar-refractivity contribution in [1.82, 2.24) is 9.80 Å². The van der Waals surface area contributed by atoms with Crippen molar-refractivity contribution < 1.29 is 13.2 Å². The first-order chi connectivity index (χ1) is 11.3. The number of allylic oxidation sites excluding steroid dienone is 1. The second kappa shape index (κ2) is 9.60. The Balaban J connectivity index is 0.00000312. The molecule has 146 valence electrons. The van der Waals surface area contributed by atoms with Gasteiger partial charge in [0.1, 0.15) is 9.84 Å². The molecule has 2 fully saturated rings. The van der Waals surface area contributed by atoms with Crippen molar-refractivity contribution in [2.75, 3.05) is 31.6 Å². The molecule has 0 aromatic heterocycles. The van der Waals surface area contributed by atoms with Crippen LogP contribution in [-0.2, 0) is 14.6 Å². The maximum atomic E-state index is 12.4. The number of piperidine rings is 2. The average Bonchev–Trinajstić information content (AvgIpc) is 2.52. The molecule has 0 aromatic carbocycles. The molecule has 5 nitrogen and oxygen atoms in total. The van der Waals surface area contributed by atoms with E-state index in [9.17, 15) is 13.2 Å². The fourth-order valence-electron chi connectivity index (χ4n) is 3.97. The third kappa shape index (κ3) is 6.32. The van der Waals surface area contributed by atoms with Crippen molar-refractivity contribution in [3.63, 3.8) is 0 Å². The Morgan fingerprint density at radius 2 is 2.00 bits per heavy atom. The summed E-state index contributed by atoms with van der Waals surface area (Å²) >= 11 is 0. The first-order valence-corrected chi connectivity index (χ1v) is 11.3. The van der Waals surface area contributed by atoms with Gasteiger partial charge in [-0.15, -0.1) is 0 Å². The summed E-state index contributed by atoms with van der Waals surface area (Å²) in [5.41, 5.74) is 1.26. The largest absolute Gasteiger partial charge is 0.372 e. The van der Waals surface area contributed by atoms with Crippen molar-refractivity contribution in [3.8, 4) is 0 Å². The van der Waals surface area contributed by atoms with Crippen LogP contribution in [0.15, 0.2) is 12.3 Å². The third-order valence-electron chi connectivity index (χ3n) is 5.32. The minimum Gasteiger partial charge on any atom is -0.372 e. The molecule has 0 bridgehead atoms. The minimum atomic E-state index is -2.98. The summed E-state index contributed by atoms with van der Waals surface area (Å²) in [7, 11) is -2.98. The second-order valence-electron chi connectivity index (χ2n) is 7.34. The standard InChI is InChI=1S/C18H32N2O3S.CH4/c1-4-5-11-20-15(2)8-9-16-14-19(12-10-17(16)20)18(21)7-6-13-24(3,22)23;/h16-17H,2,4-14H2,1,3H3;1H4/t16-,17+;/m1./s1. The fraction of sp³-hybridized carbons (Fsp3) is 0.842. The number of carbonyl (C=O) groups excluding carboxylic acids is 1. The highest BCUT2D eigenvalue weighted by Gasteiger charge is 2.37. The van der Waals surface area contributed by atoms with Crippen LogP contribution in [0.25, 0.3) is 0 Å². The van der Waals surface area contributed by atoms with Crippen LogP contribution in [0.4, 0.5) is 0 Å². The fourth-order valence-corrected chi connectivity index (χ4v) is 4.64. The summed E-state index contributed by atoms with van der Waals surface area (Å²) in [6, 6.07) is 0.526. The van der Waals surface area contributed by atoms with E-state index >= 15 is 0 Å². The van der Waals surface area contributed by atoms with Crippen LogP contribution < -0.4 is 0 Å². The van der Waals surface area contributed by atoms with Crippen molar-refractivity contribution >= 4 is 15.7 Å². The van der Waals surface area contributed by atoms with Gasteiger partial charge in [-0.05, 0) is 38.0 Å². The highest BCUT2D eigenvalue weighted by atomic mass is 32.2. The molecule has 1 amide bonds. The summed E-state index contributed by atoms with van der Waals surface area (Å²) in [4.78, 5) is 16.8. The predicted octanol–water partition coefficient (Wildman–Crippen LogP) is 3.07. The molecule has 2 saturated heterocycles. The maximum Gasteiger partial charge on any atom is 0.222 e. The Morgan fingerprint density at radius 3 is 2.64 bits per heavy atom. The SMILES string of the molecule is C.C=C1CC[C@@H]2CN(C(=O)CCCS(C)(=O)=O)CC[C@@H]2N1CCCC. The number of hydrogen-bond acceptors (Lipinski definition) is 4. The van der Waals surface area contributed by atoms with Crippen LogP contribution >= 0.6 is 0 Å². The quantitative estimate of drug-likeness (QED) is 0.689. The van der Waals surface area contributed by atoms with Gasteiger partial charge in [0, 0.05) is 44.0 Å². The van der Waals surface area contributed by atoms with E-state index in [1.54, 1.807) is 0 Å². The number of hydrogen-bond donors (Lipinski definition) is 0. The van der Waals surface area contributed by atoms with E-state index in [4.69, 9.17) is 0 Å². The summed E-state index contributed by atoms with van der Waals surface area (Å²) in [5.74, 6) is 0.741. The topological polar surface area (TPSA) is 57.7 Å². The van der Waals surface area contributed by atoms with Gasteiger partial charge in [-0.3, -0.25) is 4.79 Å². The molecule has 0 radical (unpaired) electrons. The van der Waals surface area contributed by atoms with E-state index in [1.165, 1.54) is 24.8 Å². The number of likely N-dealkylation sites (tertiary alicyclic amines) is 2. The molecule has 0 saturated carbocycles. The molecule has 2 rings (SSSR count). The summed E-state index contributed by atoms with van der Waals surface area (Å²) in [6.07, 6.45) is 7.52. The number of amides is 1. The number of unbranched alkanes of at least 4 members (excludes halogenated alkanes) is 1. The van der Waals surface area contributed by atoms with Gasteiger partial charge in [-0.25, -0.2) is 8.42 Å². The molecule has 0 N–H and O–H groups in total. The number of carbonyl (C=O) groups is 1. The molecule has 2 aliphatic heterocycles. The Hall–Kier alpha value is -1.04. The number of fused-ring (bicyclic) bond motifs is 1. The number of rotatable bonds is 7. The summed E-state index contributed by atoms with van der Waals surface area (Å²) in [6.45, 7) is 9.14. The van der Waals surface area contributed by atoms with Gasteiger partial charge in [0.15, 0.2) is 0 Å². The summed E-state index contributed by atoms with van der Waals surface area (Å²) in [5, 5.41) is 0. The van der Waals surface area contributed by atoms with Gasteiger partial charge in [0.25, 0.3) is 0 Å². The number of sulfone groups is 1. The first-order valence-electron chi connectivity index (χ1n) is 9.21. The lowest BCUT2D eigenvalue weighted by Crippen LogP contribution is -2.54. The van der Waals surface area contributed by atoms with Crippen LogP contribution in [0.1, 0.15) is 59.3 Å². The molecule has 2 aliphatic rings. The zero-order valence-corrected chi connectivity index (χ0v) is 16.0. The molecule has 2 atom stereocenters. The lowest BCUT2D eigenvalue weighted by atomic mass is 9.82. The van der Waals surface area contributed by atoms with Gasteiger partial charge < -0.3 is 9.80 Å².